The van der Waals surface area contributed by atoms with Gasteiger partial charge >= 0.3 is 0 Å². The van der Waals surface area contributed by atoms with Crippen molar-refractivity contribution in [3.63, 3.8) is 0 Å². The number of ether oxygens (including phenoxy) is 1. The fourth-order valence-electron chi connectivity index (χ4n) is 3.19. The van der Waals surface area contributed by atoms with Crippen LogP contribution in [0.5, 0.6) is 11.5 Å². The Balaban J connectivity index is 2.00. The smallest absolute Gasteiger partial charge is 0.262 e. The molecule has 0 fully saturated rings. The molecule has 0 aromatic heterocycles. The number of rotatable bonds is 0. The molecular weight excluding hydrogens is 264 g/mol. The second-order valence-corrected chi connectivity index (χ2v) is 5.68. The minimum atomic E-state index is -0.0318. The van der Waals surface area contributed by atoms with Crippen LogP contribution in [-0.2, 0) is 6.42 Å². The number of para-hydroxylation sites is 1. The van der Waals surface area contributed by atoms with Crippen LogP contribution < -0.4 is 15.4 Å². The summed E-state index contributed by atoms with van der Waals surface area (Å²) in [6.07, 6.45) is 1.93. The molecule has 4 heteroatoms. The maximum absolute atomic E-state index is 13.0. The maximum atomic E-state index is 13.0. The molecule has 1 unspecified atom stereocenters. The Morgan fingerprint density at radius 2 is 2.10 bits per heavy atom. The third-order valence-electron chi connectivity index (χ3n) is 4.27. The number of nitrogens with zero attached hydrogens (tertiary/aromatic N) is 1. The Morgan fingerprint density at radius 3 is 2.95 bits per heavy atom. The summed E-state index contributed by atoms with van der Waals surface area (Å²) in [6, 6.07) is 11.3. The zero-order valence-electron chi connectivity index (χ0n) is 11.8. The molecule has 1 atom stereocenters. The molecule has 4 rings (SSSR count). The van der Waals surface area contributed by atoms with Crippen LogP contribution in [0.15, 0.2) is 36.4 Å². The molecule has 0 bridgehead atoms. The van der Waals surface area contributed by atoms with Gasteiger partial charge in [-0.25, -0.2) is 0 Å². The number of aryl methyl sites for hydroxylation is 1. The van der Waals surface area contributed by atoms with Crippen molar-refractivity contribution in [2.75, 3.05) is 10.6 Å². The minimum Gasteiger partial charge on any atom is -0.454 e. The number of fused-ring (bicyclic) bond motifs is 1. The first-order chi connectivity index (χ1) is 10.1. The van der Waals surface area contributed by atoms with Crippen molar-refractivity contribution in [1.29, 1.82) is 0 Å². The van der Waals surface area contributed by atoms with E-state index in [0.29, 0.717) is 17.0 Å². The Hall–Kier alpha value is -2.49. The summed E-state index contributed by atoms with van der Waals surface area (Å²) < 4.78 is 6.00. The van der Waals surface area contributed by atoms with E-state index >= 15 is 0 Å². The van der Waals surface area contributed by atoms with E-state index in [9.17, 15) is 4.79 Å². The third kappa shape index (κ3) is 1.72. The fourth-order valence-corrected chi connectivity index (χ4v) is 3.19. The molecule has 4 nitrogen and oxygen atoms in total. The number of nitrogens with two attached hydrogens (primary N) is 1. The first-order valence-electron chi connectivity index (χ1n) is 7.18. The lowest BCUT2D eigenvalue weighted by molar-refractivity contribution is 0.0975. The zero-order chi connectivity index (χ0) is 14.6. The number of benzene rings is 2. The molecule has 2 aliphatic rings. The molecule has 106 valence electrons. The van der Waals surface area contributed by atoms with Crippen LogP contribution in [0.3, 0.4) is 0 Å². The highest BCUT2D eigenvalue weighted by Crippen LogP contribution is 2.45. The molecule has 0 radical (unpaired) electrons. The van der Waals surface area contributed by atoms with Gasteiger partial charge in [-0.2, -0.15) is 0 Å². The molecule has 1 amide bonds. The van der Waals surface area contributed by atoms with Gasteiger partial charge in [0.05, 0.1) is 11.3 Å². The van der Waals surface area contributed by atoms with Crippen molar-refractivity contribution in [3.05, 3.63) is 47.5 Å². The van der Waals surface area contributed by atoms with Crippen LogP contribution in [-0.4, -0.2) is 11.9 Å². The van der Waals surface area contributed by atoms with Crippen molar-refractivity contribution in [2.24, 2.45) is 0 Å². The normalized spacial score (nSPS) is 19.4. The molecule has 0 saturated carbocycles. The quantitative estimate of drug-likeness (QED) is 0.753. The SMILES string of the molecule is CC1CCc2cccc3c2N1C(=O)c1cc(N)ccc1O3. The number of carbonyl (C=O) groups excluding carboxylic acids is 1. The average Bonchev–Trinajstić information content (AvgIpc) is 2.60. The van der Waals surface area contributed by atoms with Gasteiger partial charge in [0, 0.05) is 11.7 Å². The highest BCUT2D eigenvalue weighted by Gasteiger charge is 2.35. The first-order valence-corrected chi connectivity index (χ1v) is 7.18. The molecule has 2 aromatic rings. The summed E-state index contributed by atoms with van der Waals surface area (Å²) in [4.78, 5) is 14.8. The van der Waals surface area contributed by atoms with Crippen molar-refractivity contribution >= 4 is 17.3 Å². The number of hydrogen-bond donors (Lipinski definition) is 1. The average molecular weight is 280 g/mol. The monoisotopic (exact) mass is 280 g/mol. The molecular formula is C17H16N2O2. The number of amides is 1. The fraction of sp³-hybridized carbons (Fsp3) is 0.235. The van der Waals surface area contributed by atoms with Gasteiger partial charge in [0.15, 0.2) is 5.75 Å². The molecule has 2 heterocycles. The van der Waals surface area contributed by atoms with Crippen molar-refractivity contribution in [2.45, 2.75) is 25.8 Å². The van der Waals surface area contributed by atoms with Crippen molar-refractivity contribution in [1.82, 2.24) is 0 Å². The minimum absolute atomic E-state index is 0.0318. The molecule has 2 N–H and O–H groups in total. The second-order valence-electron chi connectivity index (χ2n) is 5.68. The van der Waals surface area contributed by atoms with Crippen molar-refractivity contribution in [3.8, 4) is 11.5 Å². The van der Waals surface area contributed by atoms with Gasteiger partial charge in [-0.05, 0) is 49.6 Å². The van der Waals surface area contributed by atoms with Gasteiger partial charge in [-0.1, -0.05) is 12.1 Å². The highest BCUT2D eigenvalue weighted by molar-refractivity contribution is 6.11. The van der Waals surface area contributed by atoms with Gasteiger partial charge in [0.2, 0.25) is 0 Å². The Morgan fingerprint density at radius 1 is 1.24 bits per heavy atom. The molecule has 0 aliphatic carbocycles. The third-order valence-corrected chi connectivity index (χ3v) is 4.27. The molecule has 0 spiro atoms. The zero-order valence-corrected chi connectivity index (χ0v) is 11.8. The van der Waals surface area contributed by atoms with E-state index in [1.54, 1.807) is 18.2 Å². The number of nitrogen functional groups attached to an aromatic ring is 1. The molecule has 2 aromatic carbocycles. The van der Waals surface area contributed by atoms with Crippen LogP contribution in [0.1, 0.15) is 29.3 Å². The summed E-state index contributed by atoms with van der Waals surface area (Å²) in [5, 5.41) is 0. The van der Waals surface area contributed by atoms with Crippen LogP contribution in [0.4, 0.5) is 11.4 Å². The van der Waals surface area contributed by atoms with Crippen LogP contribution in [0.2, 0.25) is 0 Å². The lowest BCUT2D eigenvalue weighted by atomic mass is 9.95. The Kier molecular flexibility index (Phi) is 2.48. The summed E-state index contributed by atoms with van der Waals surface area (Å²) >= 11 is 0. The first kappa shape index (κ1) is 12.3. The molecule has 0 saturated heterocycles. The van der Waals surface area contributed by atoms with E-state index in [2.05, 4.69) is 13.0 Å². The van der Waals surface area contributed by atoms with Gasteiger partial charge in [0.1, 0.15) is 5.75 Å². The number of hydrogen-bond acceptors (Lipinski definition) is 3. The summed E-state index contributed by atoms with van der Waals surface area (Å²) in [5.74, 6) is 1.29. The van der Waals surface area contributed by atoms with E-state index in [0.717, 1.165) is 24.3 Å². The maximum Gasteiger partial charge on any atom is 0.262 e. The standard InChI is InChI=1S/C17H16N2O2/c1-10-5-6-11-3-2-4-15-16(11)19(10)17(20)13-9-12(18)7-8-14(13)21-15/h2-4,7-10H,5-6,18H2,1H3. The van der Waals surface area contributed by atoms with Gasteiger partial charge in [-0.15, -0.1) is 0 Å². The van der Waals surface area contributed by atoms with E-state index < -0.39 is 0 Å². The van der Waals surface area contributed by atoms with E-state index in [1.807, 2.05) is 17.0 Å². The number of anilines is 2. The topological polar surface area (TPSA) is 55.6 Å². The number of carbonyl (C=O) groups is 1. The van der Waals surface area contributed by atoms with E-state index in [4.69, 9.17) is 10.5 Å². The van der Waals surface area contributed by atoms with Gasteiger partial charge < -0.3 is 15.4 Å². The summed E-state index contributed by atoms with van der Waals surface area (Å²) in [6.45, 7) is 2.08. The predicted molar refractivity (Wildman–Crippen MR) is 82.0 cm³/mol. The van der Waals surface area contributed by atoms with Gasteiger partial charge in [-0.3, -0.25) is 4.79 Å². The Bertz CT molecular complexity index is 754. The predicted octanol–water partition coefficient (Wildman–Crippen LogP) is 3.36. The van der Waals surface area contributed by atoms with E-state index in [-0.39, 0.29) is 11.9 Å². The molecule has 2 aliphatic heterocycles. The van der Waals surface area contributed by atoms with E-state index in [1.165, 1.54) is 5.56 Å². The Labute approximate surface area is 123 Å². The van der Waals surface area contributed by atoms with Crippen LogP contribution in [0.25, 0.3) is 0 Å². The molecule has 21 heavy (non-hydrogen) atoms. The van der Waals surface area contributed by atoms with Crippen LogP contribution >= 0.6 is 0 Å². The lowest BCUT2D eigenvalue weighted by Gasteiger charge is -2.34. The largest absolute Gasteiger partial charge is 0.454 e. The second kappa shape index (κ2) is 4.25. The van der Waals surface area contributed by atoms with Gasteiger partial charge in [0.25, 0.3) is 5.91 Å². The van der Waals surface area contributed by atoms with Crippen LogP contribution in [0, 0.1) is 0 Å². The lowest BCUT2D eigenvalue weighted by Crippen LogP contribution is -2.41. The summed E-state index contributed by atoms with van der Waals surface area (Å²) in [5.41, 5.74) is 9.02. The summed E-state index contributed by atoms with van der Waals surface area (Å²) in [7, 11) is 0. The highest BCUT2D eigenvalue weighted by atomic mass is 16.5. The van der Waals surface area contributed by atoms with Crippen molar-refractivity contribution < 1.29 is 9.53 Å².